The normalized spacial score (nSPS) is 13.0. The van der Waals surface area contributed by atoms with Crippen molar-refractivity contribution in [2.45, 2.75) is 19.1 Å². The van der Waals surface area contributed by atoms with Crippen molar-refractivity contribution in [3.8, 4) is 0 Å². The van der Waals surface area contributed by atoms with Crippen molar-refractivity contribution in [3.05, 3.63) is 77.0 Å². The van der Waals surface area contributed by atoms with Crippen LogP contribution in [0.25, 0.3) is 6.08 Å². The summed E-state index contributed by atoms with van der Waals surface area (Å²) in [6, 6.07) is 15.3. The molecular formula is C22H22N4O2S. The Balaban J connectivity index is 1.46. The zero-order valence-electron chi connectivity index (χ0n) is 16.3. The van der Waals surface area contributed by atoms with Crippen molar-refractivity contribution in [1.29, 1.82) is 0 Å². The van der Waals surface area contributed by atoms with E-state index in [1.54, 1.807) is 18.3 Å². The maximum absolute atomic E-state index is 11.4. The first-order valence-corrected chi connectivity index (χ1v) is 11.3. The molecule has 0 fully saturated rings. The molecule has 3 aromatic rings. The van der Waals surface area contributed by atoms with E-state index in [1.807, 2.05) is 18.2 Å². The van der Waals surface area contributed by atoms with Crippen molar-refractivity contribution < 1.29 is 8.42 Å². The number of nitrogens with one attached hydrogen (secondary N) is 2. The van der Waals surface area contributed by atoms with Crippen molar-refractivity contribution in [1.82, 2.24) is 9.97 Å². The summed E-state index contributed by atoms with van der Waals surface area (Å²) in [6.07, 6.45) is 6.14. The summed E-state index contributed by atoms with van der Waals surface area (Å²) < 4.78 is 22.8. The number of rotatable bonds is 6. The number of fused-ring (bicyclic) bond motifs is 1. The molecule has 0 atom stereocenters. The quantitative estimate of drug-likeness (QED) is 0.628. The van der Waals surface area contributed by atoms with Crippen LogP contribution in [0.5, 0.6) is 0 Å². The van der Waals surface area contributed by atoms with E-state index in [9.17, 15) is 8.42 Å². The lowest BCUT2D eigenvalue weighted by atomic mass is 10.1. The average Bonchev–Trinajstić information content (AvgIpc) is 3.02. The van der Waals surface area contributed by atoms with Crippen LogP contribution < -0.4 is 10.6 Å². The molecule has 2 N–H and O–H groups in total. The molecule has 1 aliphatic rings. The number of allylic oxidation sites excluding steroid dienone is 1. The first-order chi connectivity index (χ1) is 13.8. The van der Waals surface area contributed by atoms with Gasteiger partial charge in [-0.15, -0.1) is 0 Å². The minimum atomic E-state index is -3.05. The average molecular weight is 407 g/mol. The molecule has 6 nitrogen and oxygen atoms in total. The molecule has 0 aliphatic heterocycles. The second-order valence-corrected chi connectivity index (χ2v) is 9.50. The molecule has 4 rings (SSSR count). The maximum atomic E-state index is 11.4. The summed E-state index contributed by atoms with van der Waals surface area (Å²) in [6.45, 7) is 2.14. The predicted molar refractivity (Wildman–Crippen MR) is 117 cm³/mol. The molecule has 29 heavy (non-hydrogen) atoms. The van der Waals surface area contributed by atoms with E-state index in [-0.39, 0.29) is 5.75 Å². The Morgan fingerprint density at radius 2 is 1.76 bits per heavy atom. The molecule has 1 heterocycles. The lowest BCUT2D eigenvalue weighted by Gasteiger charge is -2.10. The van der Waals surface area contributed by atoms with Crippen LogP contribution in [-0.2, 0) is 22.0 Å². The topological polar surface area (TPSA) is 84.0 Å². The molecule has 0 bridgehead atoms. The standard InChI is InChI=1S/C22H22N4O2S/c1-15-11-17-5-8-20(13-18(17)12-15)24-21-9-10-23-22(26-21)25-19-6-3-16(4-7-19)14-29(2,27)28/h3-10,12-13H,11,14H2,1-2H3,(H2,23,24,25,26). The second kappa shape index (κ2) is 7.67. The molecule has 2 aromatic carbocycles. The van der Waals surface area contributed by atoms with E-state index < -0.39 is 9.84 Å². The highest BCUT2D eigenvalue weighted by Crippen LogP contribution is 2.28. The first-order valence-electron chi connectivity index (χ1n) is 9.28. The third-order valence-corrected chi connectivity index (χ3v) is 5.44. The number of benzene rings is 2. The lowest BCUT2D eigenvalue weighted by molar-refractivity contribution is 0.601. The Morgan fingerprint density at radius 1 is 1.00 bits per heavy atom. The monoisotopic (exact) mass is 406 g/mol. The van der Waals surface area contributed by atoms with Gasteiger partial charge in [-0.2, -0.15) is 4.98 Å². The third-order valence-electron chi connectivity index (χ3n) is 4.58. The van der Waals surface area contributed by atoms with Crippen molar-refractivity contribution in [2.24, 2.45) is 0 Å². The largest absolute Gasteiger partial charge is 0.340 e. The highest BCUT2D eigenvalue weighted by Gasteiger charge is 2.10. The Hall–Kier alpha value is -3.19. The van der Waals surface area contributed by atoms with Gasteiger partial charge in [-0.25, -0.2) is 13.4 Å². The lowest BCUT2D eigenvalue weighted by Crippen LogP contribution is -2.02. The Labute approximate surface area is 170 Å². The van der Waals surface area contributed by atoms with Gasteiger partial charge in [-0.05, 0) is 60.4 Å². The fourth-order valence-corrected chi connectivity index (χ4v) is 4.14. The van der Waals surface area contributed by atoms with Gasteiger partial charge in [-0.3, -0.25) is 0 Å². The Bertz CT molecular complexity index is 1190. The zero-order chi connectivity index (χ0) is 20.4. The Morgan fingerprint density at radius 3 is 2.52 bits per heavy atom. The van der Waals surface area contributed by atoms with Crippen molar-refractivity contribution in [3.63, 3.8) is 0 Å². The zero-order valence-corrected chi connectivity index (χ0v) is 17.1. The number of anilines is 4. The van der Waals surface area contributed by atoms with E-state index in [1.165, 1.54) is 23.0 Å². The summed E-state index contributed by atoms with van der Waals surface area (Å²) in [7, 11) is -3.05. The van der Waals surface area contributed by atoms with E-state index >= 15 is 0 Å². The van der Waals surface area contributed by atoms with Gasteiger partial charge >= 0.3 is 0 Å². The maximum Gasteiger partial charge on any atom is 0.229 e. The summed E-state index contributed by atoms with van der Waals surface area (Å²) in [5.74, 6) is 1.18. The fourth-order valence-electron chi connectivity index (χ4n) is 3.34. The van der Waals surface area contributed by atoms with Crippen molar-refractivity contribution in [2.75, 3.05) is 16.9 Å². The first kappa shape index (κ1) is 19.1. The molecule has 148 valence electrons. The van der Waals surface area contributed by atoms with Crippen LogP contribution in [0.1, 0.15) is 23.6 Å². The van der Waals surface area contributed by atoms with Crippen LogP contribution in [0.4, 0.5) is 23.1 Å². The SMILES string of the molecule is CC1=Cc2cc(Nc3ccnc(Nc4ccc(CS(C)(=O)=O)cc4)n3)ccc2C1. The Kier molecular flexibility index (Phi) is 5.07. The minimum Gasteiger partial charge on any atom is -0.340 e. The van der Waals surface area contributed by atoms with Gasteiger partial charge < -0.3 is 10.6 Å². The molecule has 1 aromatic heterocycles. The molecule has 1 aliphatic carbocycles. The van der Waals surface area contributed by atoms with Gasteiger partial charge in [0.15, 0.2) is 9.84 Å². The second-order valence-electron chi connectivity index (χ2n) is 7.36. The molecule has 0 unspecified atom stereocenters. The molecule has 0 saturated carbocycles. The summed E-state index contributed by atoms with van der Waals surface area (Å²) in [5.41, 5.74) is 6.47. The molecule has 0 radical (unpaired) electrons. The van der Waals surface area contributed by atoms with Crippen LogP contribution >= 0.6 is 0 Å². The van der Waals surface area contributed by atoms with Crippen molar-refractivity contribution >= 4 is 39.1 Å². The number of hydrogen-bond acceptors (Lipinski definition) is 6. The van der Waals surface area contributed by atoms with Crippen LogP contribution in [0.15, 0.2) is 60.3 Å². The number of hydrogen-bond donors (Lipinski definition) is 2. The molecule has 0 spiro atoms. The minimum absolute atomic E-state index is 0.0265. The van der Waals surface area contributed by atoms with Crippen LogP contribution in [-0.4, -0.2) is 24.6 Å². The highest BCUT2D eigenvalue weighted by molar-refractivity contribution is 7.89. The van der Waals surface area contributed by atoms with Gasteiger partial charge in [0.25, 0.3) is 0 Å². The summed E-state index contributed by atoms with van der Waals surface area (Å²) >= 11 is 0. The van der Waals surface area contributed by atoms with E-state index in [2.05, 4.69) is 51.8 Å². The third kappa shape index (κ3) is 5.00. The number of nitrogens with zero attached hydrogens (tertiary/aromatic N) is 2. The predicted octanol–water partition coefficient (Wildman–Crippen LogP) is 4.47. The van der Waals surface area contributed by atoms with E-state index in [0.717, 1.165) is 23.4 Å². The summed E-state index contributed by atoms with van der Waals surface area (Å²) in [4.78, 5) is 8.77. The van der Waals surface area contributed by atoms with Gasteiger partial charge in [0.05, 0.1) is 5.75 Å². The molecule has 0 saturated heterocycles. The smallest absolute Gasteiger partial charge is 0.229 e. The summed E-state index contributed by atoms with van der Waals surface area (Å²) in [5, 5.41) is 6.47. The van der Waals surface area contributed by atoms with Gasteiger partial charge in [0.1, 0.15) is 5.82 Å². The van der Waals surface area contributed by atoms with Crippen LogP contribution in [0.2, 0.25) is 0 Å². The van der Waals surface area contributed by atoms with Gasteiger partial charge in [0.2, 0.25) is 5.95 Å². The van der Waals surface area contributed by atoms with E-state index in [4.69, 9.17) is 0 Å². The van der Waals surface area contributed by atoms with Gasteiger partial charge in [0, 0.05) is 23.8 Å². The van der Waals surface area contributed by atoms with Gasteiger partial charge in [-0.1, -0.05) is 29.8 Å². The number of aromatic nitrogens is 2. The number of sulfone groups is 1. The highest BCUT2D eigenvalue weighted by atomic mass is 32.2. The van der Waals surface area contributed by atoms with E-state index in [0.29, 0.717) is 11.8 Å². The molecule has 0 amide bonds. The van der Waals surface area contributed by atoms with Crippen LogP contribution in [0, 0.1) is 0 Å². The van der Waals surface area contributed by atoms with Crippen LogP contribution in [0.3, 0.4) is 0 Å². The molecule has 7 heteroatoms. The fraction of sp³-hybridized carbons (Fsp3) is 0.182. The molecular weight excluding hydrogens is 384 g/mol.